The van der Waals surface area contributed by atoms with Gasteiger partial charge >= 0.3 is 6.03 Å². The van der Waals surface area contributed by atoms with E-state index in [1.165, 1.54) is 22.7 Å². The standard InChI is InChI=1S/C35H30N4O2S2/c1-2-38-28-13-4-3-12-26(28)27-21-24(18-19-29(27)38)36-34(40)22-42-25-11-9-10-23(20-25)37-35(41)39-30-14-5-7-16-32(30)43-33-17-8-6-15-31(33)39/h3-21,30,32H,2,22H2,1H3,(H,36,40)(H,37,41). The zero-order valence-corrected chi connectivity index (χ0v) is 25.2. The molecule has 214 valence electrons. The highest BCUT2D eigenvalue weighted by Crippen LogP contribution is 2.43. The summed E-state index contributed by atoms with van der Waals surface area (Å²) in [6, 6.07) is 29.9. The number of thioether (sulfide) groups is 2. The summed E-state index contributed by atoms with van der Waals surface area (Å²) < 4.78 is 2.29. The number of anilines is 3. The minimum atomic E-state index is -0.178. The monoisotopic (exact) mass is 602 g/mol. The van der Waals surface area contributed by atoms with Crippen LogP contribution in [0.3, 0.4) is 0 Å². The van der Waals surface area contributed by atoms with Gasteiger partial charge in [0.1, 0.15) is 0 Å². The van der Waals surface area contributed by atoms with Gasteiger partial charge in [-0.25, -0.2) is 4.79 Å². The first-order chi connectivity index (χ1) is 21.1. The maximum atomic E-state index is 13.6. The number of carbonyl (C=O) groups excluding carboxylic acids is 2. The van der Waals surface area contributed by atoms with E-state index in [-0.39, 0.29) is 29.0 Å². The predicted octanol–water partition coefficient (Wildman–Crippen LogP) is 8.55. The highest BCUT2D eigenvalue weighted by atomic mass is 32.2. The SMILES string of the molecule is CCn1c2ccccc2c2cc(NC(=O)CSc3cccc(NC(=O)N4c5ccccc5SC5C=CC=CC54)c3)ccc21. The number of hydrogen-bond acceptors (Lipinski definition) is 4. The van der Waals surface area contributed by atoms with E-state index in [2.05, 4.69) is 70.7 Å². The molecular formula is C35H30N4O2S2. The minimum Gasteiger partial charge on any atom is -0.341 e. The lowest BCUT2D eigenvalue weighted by molar-refractivity contribution is -0.113. The molecule has 2 aliphatic rings. The number of rotatable bonds is 6. The molecule has 6 nitrogen and oxygen atoms in total. The molecule has 3 amide bonds. The van der Waals surface area contributed by atoms with Crippen molar-refractivity contribution in [3.05, 3.63) is 115 Å². The van der Waals surface area contributed by atoms with Gasteiger partial charge in [0.05, 0.1) is 22.7 Å². The van der Waals surface area contributed by atoms with Gasteiger partial charge in [0.25, 0.3) is 0 Å². The van der Waals surface area contributed by atoms with Gasteiger partial charge in [0, 0.05) is 49.5 Å². The summed E-state index contributed by atoms with van der Waals surface area (Å²) in [5.41, 5.74) is 4.74. The number of fused-ring (bicyclic) bond motifs is 5. The average molecular weight is 603 g/mol. The number of nitrogens with zero attached hydrogens (tertiary/aromatic N) is 2. The van der Waals surface area contributed by atoms with Crippen LogP contribution in [0.1, 0.15) is 6.92 Å². The highest BCUT2D eigenvalue weighted by molar-refractivity contribution is 8.00. The third kappa shape index (κ3) is 5.32. The lowest BCUT2D eigenvalue weighted by Crippen LogP contribution is -2.49. The number of benzene rings is 4. The van der Waals surface area contributed by atoms with Crippen molar-refractivity contribution in [2.75, 3.05) is 21.3 Å². The molecule has 0 spiro atoms. The number of nitrogens with one attached hydrogen (secondary N) is 2. The van der Waals surface area contributed by atoms with E-state index in [0.29, 0.717) is 5.69 Å². The van der Waals surface area contributed by atoms with Crippen LogP contribution in [0.15, 0.2) is 125 Å². The van der Waals surface area contributed by atoms with Crippen molar-refractivity contribution in [2.24, 2.45) is 0 Å². The van der Waals surface area contributed by atoms with Gasteiger partial charge < -0.3 is 15.2 Å². The second-order valence-corrected chi connectivity index (χ2v) is 12.7. The third-order valence-electron chi connectivity index (χ3n) is 7.79. The fraction of sp³-hybridized carbons (Fsp3) is 0.143. The third-order valence-corrected chi connectivity index (χ3v) is 10.1. The first-order valence-corrected chi connectivity index (χ1v) is 16.2. The average Bonchev–Trinajstić information content (AvgIpc) is 3.35. The molecule has 2 atom stereocenters. The van der Waals surface area contributed by atoms with Crippen LogP contribution in [-0.4, -0.2) is 33.6 Å². The molecule has 43 heavy (non-hydrogen) atoms. The molecule has 0 radical (unpaired) electrons. The van der Waals surface area contributed by atoms with Gasteiger partial charge in [-0.05, 0) is 61.5 Å². The molecular weight excluding hydrogens is 573 g/mol. The molecule has 1 aliphatic carbocycles. The number of aromatic nitrogens is 1. The fourth-order valence-electron chi connectivity index (χ4n) is 5.89. The molecule has 0 saturated carbocycles. The maximum Gasteiger partial charge on any atom is 0.326 e. The zero-order valence-electron chi connectivity index (χ0n) is 23.6. The summed E-state index contributed by atoms with van der Waals surface area (Å²) in [4.78, 5) is 30.4. The van der Waals surface area contributed by atoms with Crippen molar-refractivity contribution >= 4 is 74.3 Å². The number of urea groups is 1. The maximum absolute atomic E-state index is 13.6. The van der Waals surface area contributed by atoms with Crippen LogP contribution >= 0.6 is 23.5 Å². The summed E-state index contributed by atoms with van der Waals surface area (Å²) in [5.74, 6) is 0.174. The van der Waals surface area contributed by atoms with Crippen molar-refractivity contribution in [1.29, 1.82) is 0 Å². The lowest BCUT2D eigenvalue weighted by atomic mass is 10.1. The zero-order chi connectivity index (χ0) is 29.3. The van der Waals surface area contributed by atoms with E-state index >= 15 is 0 Å². The van der Waals surface area contributed by atoms with Gasteiger partial charge in [-0.1, -0.05) is 60.7 Å². The molecule has 8 heteroatoms. The Balaban J connectivity index is 1.03. The minimum absolute atomic E-state index is 0.0658. The molecule has 5 aromatic rings. The van der Waals surface area contributed by atoms with Crippen molar-refractivity contribution in [2.45, 2.75) is 34.6 Å². The Morgan fingerprint density at radius 2 is 1.60 bits per heavy atom. The van der Waals surface area contributed by atoms with Gasteiger partial charge in [0.15, 0.2) is 0 Å². The Kier molecular flexibility index (Phi) is 7.47. The second kappa shape index (κ2) is 11.7. The van der Waals surface area contributed by atoms with Gasteiger partial charge in [0.2, 0.25) is 5.91 Å². The van der Waals surface area contributed by atoms with Crippen LogP contribution in [0, 0.1) is 0 Å². The van der Waals surface area contributed by atoms with Crippen molar-refractivity contribution in [3.63, 3.8) is 0 Å². The van der Waals surface area contributed by atoms with Crippen LogP contribution in [0.5, 0.6) is 0 Å². The van der Waals surface area contributed by atoms with Crippen LogP contribution in [-0.2, 0) is 11.3 Å². The van der Waals surface area contributed by atoms with Crippen LogP contribution in [0.4, 0.5) is 21.9 Å². The Bertz CT molecular complexity index is 1930. The van der Waals surface area contributed by atoms with E-state index in [0.717, 1.165) is 38.6 Å². The number of aryl methyl sites for hydroxylation is 1. The van der Waals surface area contributed by atoms with Gasteiger partial charge in [-0.3, -0.25) is 9.69 Å². The molecule has 2 heterocycles. The lowest BCUT2D eigenvalue weighted by Gasteiger charge is -2.40. The normalized spacial score (nSPS) is 17.1. The topological polar surface area (TPSA) is 66.4 Å². The Morgan fingerprint density at radius 3 is 2.51 bits per heavy atom. The Hall–Kier alpha value is -4.40. The molecule has 2 N–H and O–H groups in total. The summed E-state index contributed by atoms with van der Waals surface area (Å²) in [7, 11) is 0. The molecule has 2 unspecified atom stereocenters. The van der Waals surface area contributed by atoms with Crippen molar-refractivity contribution in [3.8, 4) is 0 Å². The number of amides is 3. The predicted molar refractivity (Wildman–Crippen MR) is 181 cm³/mol. The van der Waals surface area contributed by atoms with Gasteiger partial charge in [-0.2, -0.15) is 0 Å². The van der Waals surface area contributed by atoms with Gasteiger partial charge in [-0.15, -0.1) is 23.5 Å². The smallest absolute Gasteiger partial charge is 0.326 e. The van der Waals surface area contributed by atoms with E-state index in [1.807, 2.05) is 71.6 Å². The number of allylic oxidation sites excluding steroid dienone is 2. The molecule has 4 aromatic carbocycles. The van der Waals surface area contributed by atoms with Crippen LogP contribution < -0.4 is 15.5 Å². The molecule has 1 aromatic heterocycles. The van der Waals surface area contributed by atoms with E-state index in [1.54, 1.807) is 11.8 Å². The molecule has 0 bridgehead atoms. The van der Waals surface area contributed by atoms with E-state index < -0.39 is 0 Å². The van der Waals surface area contributed by atoms with E-state index in [4.69, 9.17) is 0 Å². The highest BCUT2D eigenvalue weighted by Gasteiger charge is 2.36. The summed E-state index contributed by atoms with van der Waals surface area (Å²) in [6.07, 6.45) is 8.27. The number of hydrogen-bond donors (Lipinski definition) is 2. The number of carbonyl (C=O) groups is 2. The van der Waals surface area contributed by atoms with Crippen LogP contribution in [0.2, 0.25) is 0 Å². The first kappa shape index (κ1) is 27.4. The summed E-state index contributed by atoms with van der Waals surface area (Å²) in [6.45, 7) is 3.03. The number of para-hydroxylation sites is 2. The quantitative estimate of drug-likeness (QED) is 0.191. The summed E-state index contributed by atoms with van der Waals surface area (Å²) >= 11 is 3.22. The largest absolute Gasteiger partial charge is 0.341 e. The first-order valence-electron chi connectivity index (χ1n) is 14.3. The van der Waals surface area contributed by atoms with E-state index in [9.17, 15) is 9.59 Å². The summed E-state index contributed by atoms with van der Waals surface area (Å²) in [5, 5.41) is 8.64. The molecule has 0 saturated heterocycles. The molecule has 7 rings (SSSR count). The van der Waals surface area contributed by atoms with Crippen LogP contribution in [0.25, 0.3) is 21.8 Å². The molecule has 0 fully saturated rings. The Labute approximate surface area is 258 Å². The fourth-order valence-corrected chi connectivity index (χ4v) is 7.90. The van der Waals surface area contributed by atoms with Crippen molar-refractivity contribution < 1.29 is 9.59 Å². The van der Waals surface area contributed by atoms with Crippen molar-refractivity contribution in [1.82, 2.24) is 4.57 Å². The molecule has 1 aliphatic heterocycles. The Morgan fingerprint density at radius 1 is 0.814 bits per heavy atom. The second-order valence-electron chi connectivity index (χ2n) is 10.5.